The summed E-state index contributed by atoms with van der Waals surface area (Å²) in [5.74, 6) is 0.493. The number of carbonyl (C=O) groups is 2. The first-order chi connectivity index (χ1) is 11.1. The zero-order valence-corrected chi connectivity index (χ0v) is 13.0. The number of hydrogen-bond acceptors (Lipinski definition) is 3. The first-order valence-electron chi connectivity index (χ1n) is 8.08. The van der Waals surface area contributed by atoms with Gasteiger partial charge in [-0.1, -0.05) is 0 Å². The summed E-state index contributed by atoms with van der Waals surface area (Å²) in [6.07, 6.45) is 2.80. The van der Waals surface area contributed by atoms with Crippen molar-refractivity contribution in [2.45, 2.75) is 19.3 Å². The zero-order chi connectivity index (χ0) is 16.2. The summed E-state index contributed by atoms with van der Waals surface area (Å²) in [6, 6.07) is 5.60. The van der Waals surface area contributed by atoms with Gasteiger partial charge in [-0.15, -0.1) is 0 Å². The van der Waals surface area contributed by atoms with Crippen molar-refractivity contribution < 1.29 is 18.7 Å². The summed E-state index contributed by atoms with van der Waals surface area (Å²) in [5.41, 5.74) is 0. The van der Waals surface area contributed by atoms with Crippen LogP contribution in [0.1, 0.15) is 19.3 Å². The van der Waals surface area contributed by atoms with Crippen LogP contribution in [-0.4, -0.2) is 54.4 Å². The Bertz CT molecular complexity index is 572. The van der Waals surface area contributed by atoms with E-state index in [1.165, 1.54) is 24.3 Å². The Balaban J connectivity index is 1.47. The Morgan fingerprint density at radius 3 is 2.39 bits per heavy atom. The fourth-order valence-electron chi connectivity index (χ4n) is 2.74. The molecule has 2 aliphatic rings. The van der Waals surface area contributed by atoms with Crippen molar-refractivity contribution in [3.63, 3.8) is 0 Å². The van der Waals surface area contributed by atoms with E-state index < -0.39 is 0 Å². The second kappa shape index (κ2) is 6.98. The van der Waals surface area contributed by atoms with Crippen LogP contribution in [0.2, 0.25) is 0 Å². The Kier molecular flexibility index (Phi) is 4.79. The monoisotopic (exact) mass is 320 g/mol. The average Bonchev–Trinajstić information content (AvgIpc) is 3.39. The molecule has 3 rings (SSSR count). The Hall–Kier alpha value is -2.11. The Morgan fingerprint density at radius 2 is 1.70 bits per heavy atom. The summed E-state index contributed by atoms with van der Waals surface area (Å²) in [4.78, 5) is 28.0. The van der Waals surface area contributed by atoms with Gasteiger partial charge in [-0.25, -0.2) is 4.39 Å². The number of amides is 2. The molecule has 1 aliphatic carbocycles. The normalized spacial score (nSPS) is 18.5. The molecular formula is C17H21FN2O3. The van der Waals surface area contributed by atoms with E-state index in [1.54, 1.807) is 4.90 Å². The minimum atomic E-state index is -0.336. The third-order valence-electron chi connectivity index (χ3n) is 4.26. The van der Waals surface area contributed by atoms with Gasteiger partial charge in [0, 0.05) is 32.1 Å². The van der Waals surface area contributed by atoms with Crippen molar-refractivity contribution in [3.8, 4) is 5.75 Å². The molecule has 2 amide bonds. The topological polar surface area (TPSA) is 49.9 Å². The van der Waals surface area contributed by atoms with Gasteiger partial charge < -0.3 is 14.5 Å². The van der Waals surface area contributed by atoms with Gasteiger partial charge in [0.15, 0.2) is 6.61 Å². The van der Waals surface area contributed by atoms with Crippen LogP contribution in [0, 0.1) is 11.7 Å². The highest BCUT2D eigenvalue weighted by Crippen LogP contribution is 2.31. The quantitative estimate of drug-likeness (QED) is 0.848. The maximum absolute atomic E-state index is 12.8. The predicted octanol–water partition coefficient (Wildman–Crippen LogP) is 1.68. The third-order valence-corrected chi connectivity index (χ3v) is 4.26. The van der Waals surface area contributed by atoms with Crippen LogP contribution < -0.4 is 4.74 Å². The number of hydrogen-bond donors (Lipinski definition) is 0. The summed E-state index contributed by atoms with van der Waals surface area (Å²) in [6.45, 7) is 2.43. The van der Waals surface area contributed by atoms with Gasteiger partial charge in [0.1, 0.15) is 11.6 Å². The number of rotatable bonds is 4. The van der Waals surface area contributed by atoms with Gasteiger partial charge in [-0.3, -0.25) is 9.59 Å². The van der Waals surface area contributed by atoms with E-state index in [9.17, 15) is 14.0 Å². The maximum atomic E-state index is 12.8. The Labute approximate surface area is 135 Å². The van der Waals surface area contributed by atoms with E-state index >= 15 is 0 Å². The van der Waals surface area contributed by atoms with Crippen LogP contribution in [0.15, 0.2) is 24.3 Å². The number of halogens is 1. The van der Waals surface area contributed by atoms with Crippen molar-refractivity contribution in [2.24, 2.45) is 5.92 Å². The van der Waals surface area contributed by atoms with Crippen molar-refractivity contribution in [2.75, 3.05) is 32.8 Å². The second-order valence-electron chi connectivity index (χ2n) is 6.08. The van der Waals surface area contributed by atoms with Gasteiger partial charge in [0.25, 0.3) is 5.91 Å². The summed E-state index contributed by atoms with van der Waals surface area (Å²) in [7, 11) is 0. The van der Waals surface area contributed by atoms with Gasteiger partial charge in [0.2, 0.25) is 5.91 Å². The lowest BCUT2D eigenvalue weighted by molar-refractivity contribution is -0.135. The molecule has 5 nitrogen and oxygen atoms in total. The maximum Gasteiger partial charge on any atom is 0.260 e. The second-order valence-corrected chi connectivity index (χ2v) is 6.08. The van der Waals surface area contributed by atoms with E-state index in [4.69, 9.17) is 4.74 Å². The highest BCUT2D eigenvalue weighted by atomic mass is 19.1. The van der Waals surface area contributed by atoms with Crippen molar-refractivity contribution in [1.82, 2.24) is 9.80 Å². The fraction of sp³-hybridized carbons (Fsp3) is 0.529. The smallest absolute Gasteiger partial charge is 0.260 e. The van der Waals surface area contributed by atoms with Gasteiger partial charge in [0.05, 0.1) is 0 Å². The molecule has 1 saturated carbocycles. The zero-order valence-electron chi connectivity index (χ0n) is 13.0. The first-order valence-corrected chi connectivity index (χ1v) is 8.08. The molecular weight excluding hydrogens is 299 g/mol. The molecule has 124 valence electrons. The number of carbonyl (C=O) groups excluding carboxylic acids is 2. The van der Waals surface area contributed by atoms with Crippen LogP contribution in [0.4, 0.5) is 4.39 Å². The lowest BCUT2D eigenvalue weighted by Gasteiger charge is -2.22. The molecule has 23 heavy (non-hydrogen) atoms. The molecule has 0 spiro atoms. The minimum Gasteiger partial charge on any atom is -0.484 e. The molecule has 0 N–H and O–H groups in total. The molecule has 0 aromatic heterocycles. The summed E-state index contributed by atoms with van der Waals surface area (Å²) in [5, 5.41) is 0. The lowest BCUT2D eigenvalue weighted by atomic mass is 10.3. The van der Waals surface area contributed by atoms with Crippen molar-refractivity contribution in [1.29, 1.82) is 0 Å². The van der Waals surface area contributed by atoms with E-state index in [-0.39, 0.29) is 30.2 Å². The SMILES string of the molecule is O=C(COc1ccc(F)cc1)N1CCCN(C(=O)C2CC2)CC1. The molecule has 6 heteroatoms. The molecule has 0 bridgehead atoms. The molecule has 0 radical (unpaired) electrons. The third kappa shape index (κ3) is 4.21. The van der Waals surface area contributed by atoms with Gasteiger partial charge >= 0.3 is 0 Å². The van der Waals surface area contributed by atoms with Gasteiger partial charge in [-0.2, -0.15) is 0 Å². The van der Waals surface area contributed by atoms with Crippen LogP contribution >= 0.6 is 0 Å². The summed E-state index contributed by atoms with van der Waals surface area (Å²) < 4.78 is 18.2. The van der Waals surface area contributed by atoms with E-state index in [1.807, 2.05) is 4.90 Å². The molecule has 1 aromatic rings. The number of benzene rings is 1. The molecule has 1 saturated heterocycles. The Morgan fingerprint density at radius 1 is 1.04 bits per heavy atom. The van der Waals surface area contributed by atoms with Crippen LogP contribution in [0.3, 0.4) is 0 Å². The van der Waals surface area contributed by atoms with Gasteiger partial charge in [-0.05, 0) is 43.5 Å². The standard InChI is InChI=1S/C17H21FN2O3/c18-14-4-6-15(7-5-14)23-12-16(21)19-8-1-9-20(11-10-19)17(22)13-2-3-13/h4-7,13H,1-3,8-12H2. The van der Waals surface area contributed by atoms with E-state index in [0.29, 0.717) is 25.4 Å². The predicted molar refractivity (Wildman–Crippen MR) is 82.4 cm³/mol. The van der Waals surface area contributed by atoms with Crippen molar-refractivity contribution in [3.05, 3.63) is 30.1 Å². The number of nitrogens with zero attached hydrogens (tertiary/aromatic N) is 2. The lowest BCUT2D eigenvalue weighted by Crippen LogP contribution is -2.39. The van der Waals surface area contributed by atoms with Crippen molar-refractivity contribution >= 4 is 11.8 Å². The molecule has 0 unspecified atom stereocenters. The summed E-state index contributed by atoms with van der Waals surface area (Å²) >= 11 is 0. The van der Waals surface area contributed by atoms with Crippen LogP contribution in [-0.2, 0) is 9.59 Å². The first kappa shape index (κ1) is 15.8. The highest BCUT2D eigenvalue weighted by molar-refractivity contribution is 5.81. The fourth-order valence-corrected chi connectivity index (χ4v) is 2.74. The molecule has 1 heterocycles. The molecule has 1 aliphatic heterocycles. The number of ether oxygens (including phenoxy) is 1. The minimum absolute atomic E-state index is 0.0673. The van der Waals surface area contributed by atoms with E-state index in [0.717, 1.165) is 25.8 Å². The highest BCUT2D eigenvalue weighted by Gasteiger charge is 2.34. The molecule has 0 atom stereocenters. The van der Waals surface area contributed by atoms with Crippen LogP contribution in [0.5, 0.6) is 5.75 Å². The molecule has 1 aromatic carbocycles. The van der Waals surface area contributed by atoms with E-state index in [2.05, 4.69) is 0 Å². The average molecular weight is 320 g/mol. The molecule has 2 fully saturated rings. The van der Waals surface area contributed by atoms with Crippen LogP contribution in [0.25, 0.3) is 0 Å². The largest absolute Gasteiger partial charge is 0.484 e.